The quantitative estimate of drug-likeness (QED) is 0.625. The minimum atomic E-state index is -0.453. The van der Waals surface area contributed by atoms with Gasteiger partial charge in [0, 0.05) is 19.1 Å². The molecule has 1 rings (SSSR count). The number of carbonyl (C=O) groups excluding carboxylic acids is 1. The largest absolute Gasteiger partial charge is 0.355 e. The molecule has 100 valence electrons. The van der Waals surface area contributed by atoms with Gasteiger partial charge in [0.25, 0.3) is 0 Å². The van der Waals surface area contributed by atoms with Crippen LogP contribution in [0.15, 0.2) is 0 Å². The van der Waals surface area contributed by atoms with E-state index < -0.39 is 4.32 Å². The Hall–Kier alpha value is -0.0900. The van der Waals surface area contributed by atoms with Crippen molar-refractivity contribution in [2.45, 2.75) is 56.8 Å². The second kappa shape index (κ2) is 6.74. The zero-order valence-electron chi connectivity index (χ0n) is 11.3. The number of alkyl halides is 1. The molecule has 1 amide bonds. The second-order valence-electron chi connectivity index (χ2n) is 5.46. The zero-order valence-corrected chi connectivity index (χ0v) is 12.8. The average molecular weight is 305 g/mol. The highest BCUT2D eigenvalue weighted by atomic mass is 79.9. The molecule has 1 aliphatic heterocycles. The number of amides is 1. The summed E-state index contributed by atoms with van der Waals surface area (Å²) in [6.45, 7) is 9.14. The van der Waals surface area contributed by atoms with Gasteiger partial charge in [-0.05, 0) is 46.6 Å². The summed E-state index contributed by atoms with van der Waals surface area (Å²) < 4.78 is -0.453. The Morgan fingerprint density at radius 2 is 2.18 bits per heavy atom. The molecule has 0 saturated carbocycles. The molecule has 0 aromatic carbocycles. The molecule has 0 bridgehead atoms. The molecule has 1 atom stereocenters. The van der Waals surface area contributed by atoms with Crippen molar-refractivity contribution in [1.29, 1.82) is 0 Å². The van der Waals surface area contributed by atoms with Crippen LogP contribution in [0, 0.1) is 0 Å². The van der Waals surface area contributed by atoms with Crippen LogP contribution in [0.2, 0.25) is 0 Å². The maximum Gasteiger partial charge on any atom is 0.236 e. The van der Waals surface area contributed by atoms with Crippen molar-refractivity contribution in [3.8, 4) is 0 Å². The van der Waals surface area contributed by atoms with E-state index in [1.807, 2.05) is 13.8 Å². The molecule has 0 aliphatic carbocycles. The number of halogens is 1. The first-order chi connectivity index (χ1) is 7.91. The second-order valence-corrected chi connectivity index (χ2v) is 7.45. The Kier molecular flexibility index (Phi) is 5.93. The number of nitrogens with one attached hydrogen (secondary N) is 1. The van der Waals surface area contributed by atoms with Gasteiger partial charge in [-0.1, -0.05) is 22.4 Å². The molecule has 3 nitrogen and oxygen atoms in total. The fraction of sp³-hybridized carbons (Fsp3) is 0.923. The smallest absolute Gasteiger partial charge is 0.236 e. The SMILES string of the molecule is CC1CCCCN1CCCNC(=O)C(C)(C)Br. The highest BCUT2D eigenvalue weighted by Gasteiger charge is 2.23. The summed E-state index contributed by atoms with van der Waals surface area (Å²) in [6, 6.07) is 0.715. The summed E-state index contributed by atoms with van der Waals surface area (Å²) in [4.78, 5) is 14.1. The molecule has 4 heteroatoms. The van der Waals surface area contributed by atoms with Crippen molar-refractivity contribution in [2.75, 3.05) is 19.6 Å². The monoisotopic (exact) mass is 304 g/mol. The lowest BCUT2D eigenvalue weighted by molar-refractivity contribution is -0.122. The van der Waals surface area contributed by atoms with Gasteiger partial charge in [-0.3, -0.25) is 4.79 Å². The molecule has 1 N–H and O–H groups in total. The van der Waals surface area contributed by atoms with Crippen LogP contribution in [0.3, 0.4) is 0 Å². The summed E-state index contributed by atoms with van der Waals surface area (Å²) in [5, 5.41) is 2.96. The predicted molar refractivity (Wildman–Crippen MR) is 75.5 cm³/mol. The van der Waals surface area contributed by atoms with Crippen LogP contribution in [0.25, 0.3) is 0 Å². The normalized spacial score (nSPS) is 22.5. The van der Waals surface area contributed by atoms with Crippen LogP contribution in [-0.2, 0) is 4.79 Å². The summed E-state index contributed by atoms with van der Waals surface area (Å²) in [7, 11) is 0. The average Bonchev–Trinajstić information content (AvgIpc) is 2.25. The third kappa shape index (κ3) is 5.38. The maximum absolute atomic E-state index is 11.6. The molecule has 1 fully saturated rings. The van der Waals surface area contributed by atoms with Gasteiger partial charge in [-0.2, -0.15) is 0 Å². The fourth-order valence-electron chi connectivity index (χ4n) is 2.18. The van der Waals surface area contributed by atoms with E-state index in [-0.39, 0.29) is 5.91 Å². The van der Waals surface area contributed by atoms with E-state index in [0.29, 0.717) is 6.04 Å². The standard InChI is InChI=1S/C13H25BrN2O/c1-11-7-4-5-9-16(11)10-6-8-15-12(17)13(2,3)14/h11H,4-10H2,1-3H3,(H,15,17). The number of piperidine rings is 1. The van der Waals surface area contributed by atoms with E-state index in [4.69, 9.17) is 0 Å². The lowest BCUT2D eigenvalue weighted by atomic mass is 10.0. The van der Waals surface area contributed by atoms with E-state index in [1.165, 1.54) is 25.8 Å². The summed E-state index contributed by atoms with van der Waals surface area (Å²) in [5.41, 5.74) is 0. The van der Waals surface area contributed by atoms with Gasteiger partial charge in [0.05, 0.1) is 4.32 Å². The van der Waals surface area contributed by atoms with E-state index in [0.717, 1.165) is 19.5 Å². The number of carbonyl (C=O) groups is 1. The maximum atomic E-state index is 11.6. The molecular formula is C13H25BrN2O. The first-order valence-corrected chi connectivity index (χ1v) is 7.42. The summed E-state index contributed by atoms with van der Waals surface area (Å²) >= 11 is 3.36. The van der Waals surface area contributed by atoms with Crippen LogP contribution in [0.1, 0.15) is 46.5 Å². The Bertz CT molecular complexity index is 250. The Labute approximate surface area is 113 Å². The molecule has 0 radical (unpaired) electrons. The van der Waals surface area contributed by atoms with Crippen molar-refractivity contribution in [1.82, 2.24) is 10.2 Å². The molecule has 1 saturated heterocycles. The molecule has 1 aliphatic rings. The molecule has 0 aromatic heterocycles. The fourth-order valence-corrected chi connectivity index (χ4v) is 2.32. The Balaban J connectivity index is 2.13. The number of hydrogen-bond donors (Lipinski definition) is 1. The molecule has 1 unspecified atom stereocenters. The number of nitrogens with zero attached hydrogens (tertiary/aromatic N) is 1. The van der Waals surface area contributed by atoms with E-state index in [2.05, 4.69) is 33.1 Å². The highest BCUT2D eigenvalue weighted by molar-refractivity contribution is 9.10. The molecular weight excluding hydrogens is 280 g/mol. The van der Waals surface area contributed by atoms with E-state index in [1.54, 1.807) is 0 Å². The minimum Gasteiger partial charge on any atom is -0.355 e. The van der Waals surface area contributed by atoms with Crippen LogP contribution in [0.5, 0.6) is 0 Å². The van der Waals surface area contributed by atoms with Crippen LogP contribution in [-0.4, -0.2) is 40.8 Å². The van der Waals surface area contributed by atoms with Crippen molar-refractivity contribution in [2.24, 2.45) is 0 Å². The first kappa shape index (κ1) is 15.0. The number of hydrogen-bond acceptors (Lipinski definition) is 2. The van der Waals surface area contributed by atoms with Gasteiger partial charge in [-0.15, -0.1) is 0 Å². The molecule has 1 heterocycles. The summed E-state index contributed by atoms with van der Waals surface area (Å²) in [5.74, 6) is 0.0733. The first-order valence-electron chi connectivity index (χ1n) is 6.62. The van der Waals surface area contributed by atoms with Crippen LogP contribution in [0.4, 0.5) is 0 Å². The third-order valence-corrected chi connectivity index (χ3v) is 3.75. The van der Waals surface area contributed by atoms with Crippen molar-refractivity contribution < 1.29 is 4.79 Å². The topological polar surface area (TPSA) is 32.3 Å². The van der Waals surface area contributed by atoms with Gasteiger partial charge in [-0.25, -0.2) is 0 Å². The number of likely N-dealkylation sites (tertiary alicyclic amines) is 1. The molecule has 17 heavy (non-hydrogen) atoms. The predicted octanol–water partition coefficient (Wildman–Crippen LogP) is 2.54. The van der Waals surface area contributed by atoms with E-state index in [9.17, 15) is 4.79 Å². The zero-order chi connectivity index (χ0) is 12.9. The van der Waals surface area contributed by atoms with Gasteiger partial charge >= 0.3 is 0 Å². The van der Waals surface area contributed by atoms with Crippen LogP contribution < -0.4 is 5.32 Å². The van der Waals surface area contributed by atoms with Crippen molar-refractivity contribution in [3.63, 3.8) is 0 Å². The van der Waals surface area contributed by atoms with Gasteiger partial charge < -0.3 is 10.2 Å². The highest BCUT2D eigenvalue weighted by Crippen LogP contribution is 2.17. The van der Waals surface area contributed by atoms with Crippen molar-refractivity contribution >= 4 is 21.8 Å². The minimum absolute atomic E-state index is 0.0733. The lowest BCUT2D eigenvalue weighted by Crippen LogP contribution is -2.41. The van der Waals surface area contributed by atoms with Gasteiger partial charge in [0.1, 0.15) is 0 Å². The Morgan fingerprint density at radius 3 is 2.76 bits per heavy atom. The number of rotatable bonds is 5. The lowest BCUT2D eigenvalue weighted by Gasteiger charge is -2.33. The Morgan fingerprint density at radius 1 is 1.47 bits per heavy atom. The summed E-state index contributed by atoms with van der Waals surface area (Å²) in [6.07, 6.45) is 5.05. The van der Waals surface area contributed by atoms with Crippen LogP contribution >= 0.6 is 15.9 Å². The molecule has 0 spiro atoms. The third-order valence-electron chi connectivity index (χ3n) is 3.39. The molecule has 0 aromatic rings. The van der Waals surface area contributed by atoms with Gasteiger partial charge in [0.2, 0.25) is 5.91 Å². The van der Waals surface area contributed by atoms with E-state index >= 15 is 0 Å². The van der Waals surface area contributed by atoms with Crippen molar-refractivity contribution in [3.05, 3.63) is 0 Å². The van der Waals surface area contributed by atoms with Gasteiger partial charge in [0.15, 0.2) is 0 Å².